The summed E-state index contributed by atoms with van der Waals surface area (Å²) in [5.74, 6) is -6.91. The molecule has 4 N–H and O–H groups in total. The molecule has 3 unspecified atom stereocenters. The third-order valence-electron chi connectivity index (χ3n) is 9.60. The second-order valence-corrected chi connectivity index (χ2v) is 15.5. The van der Waals surface area contributed by atoms with Crippen LogP contribution < -0.4 is 16.0 Å². The van der Waals surface area contributed by atoms with Crippen LogP contribution in [-0.2, 0) is 44.8 Å². The molecule has 4 atom stereocenters. The molecule has 2 aliphatic rings. The number of halogens is 1. The Morgan fingerprint density at radius 1 is 0.947 bits per heavy atom. The van der Waals surface area contributed by atoms with E-state index in [1.165, 1.54) is 17.0 Å². The molecule has 0 aromatic heterocycles. The number of benzene rings is 2. The quantitative estimate of drug-likeness (QED) is 0.123. The number of hydrogen-bond donors (Lipinski definition) is 4. The lowest BCUT2D eigenvalue weighted by molar-refractivity contribution is -0.164. The number of carbonyl (C=O) groups excluding carboxylic acids is 7. The molecule has 1 heterocycles. The number of carboxylic acids is 1. The summed E-state index contributed by atoms with van der Waals surface area (Å²) in [4.78, 5) is 109. The van der Waals surface area contributed by atoms with Crippen molar-refractivity contribution < 1.29 is 52.9 Å². The summed E-state index contributed by atoms with van der Waals surface area (Å²) in [6.07, 6.45) is 1.59. The molecular formula is C40H50BrN5O11. The van der Waals surface area contributed by atoms with Crippen LogP contribution in [0.3, 0.4) is 0 Å². The van der Waals surface area contributed by atoms with E-state index in [1.807, 2.05) is 19.9 Å². The highest BCUT2D eigenvalue weighted by atomic mass is 79.9. The molecule has 57 heavy (non-hydrogen) atoms. The van der Waals surface area contributed by atoms with Gasteiger partial charge in [-0.05, 0) is 48.8 Å². The third-order valence-corrected chi connectivity index (χ3v) is 10.1. The van der Waals surface area contributed by atoms with Crippen LogP contribution in [0, 0.1) is 11.8 Å². The van der Waals surface area contributed by atoms with E-state index in [-0.39, 0.29) is 43.5 Å². The van der Waals surface area contributed by atoms with Crippen LogP contribution in [0.1, 0.15) is 82.9 Å². The molecule has 1 saturated heterocycles. The monoisotopic (exact) mass is 855 g/mol. The topological polar surface area (TPSA) is 218 Å². The average molecular weight is 857 g/mol. The SMILES string of the molecule is CCCC(NC(=O)C1CN(Cc2cccc(Br)c2)C(=O)N1C(=O)C(NC(=O)OCC(C)C)C1CCCCC1)C(=O)C(=O)NCC(=O)O[C@H](C(=O)O)c1ccccc1. The maximum atomic E-state index is 14.5. The molecule has 0 spiro atoms. The van der Waals surface area contributed by atoms with Crippen LogP contribution in [0.15, 0.2) is 59.1 Å². The fraction of sp³-hybridized carbons (Fsp3) is 0.500. The smallest absolute Gasteiger partial charge is 0.407 e. The van der Waals surface area contributed by atoms with Gasteiger partial charge in [-0.25, -0.2) is 19.3 Å². The van der Waals surface area contributed by atoms with Crippen molar-refractivity contribution in [3.05, 3.63) is 70.2 Å². The molecule has 1 saturated carbocycles. The molecule has 17 heteroatoms. The van der Waals surface area contributed by atoms with Gasteiger partial charge in [0.15, 0.2) is 0 Å². The van der Waals surface area contributed by atoms with E-state index < -0.39 is 78.3 Å². The highest BCUT2D eigenvalue weighted by Gasteiger charge is 2.49. The van der Waals surface area contributed by atoms with Crippen LogP contribution >= 0.6 is 15.9 Å². The predicted molar refractivity (Wildman–Crippen MR) is 208 cm³/mol. The second kappa shape index (κ2) is 21.3. The summed E-state index contributed by atoms with van der Waals surface area (Å²) in [5, 5.41) is 16.9. The minimum atomic E-state index is -1.65. The fourth-order valence-corrected chi connectivity index (χ4v) is 7.23. The molecule has 2 fully saturated rings. The van der Waals surface area contributed by atoms with Gasteiger partial charge in [0.1, 0.15) is 18.6 Å². The number of Topliss-reactive ketones (excluding diaryl/α,β-unsaturated/α-hetero) is 1. The first kappa shape index (κ1) is 44.4. The Morgan fingerprint density at radius 3 is 2.28 bits per heavy atom. The molecule has 2 aromatic rings. The van der Waals surface area contributed by atoms with E-state index in [1.54, 1.807) is 43.3 Å². The van der Waals surface area contributed by atoms with E-state index in [2.05, 4.69) is 31.9 Å². The van der Waals surface area contributed by atoms with E-state index in [0.717, 1.165) is 28.6 Å². The summed E-state index contributed by atoms with van der Waals surface area (Å²) < 4.78 is 11.1. The lowest BCUT2D eigenvalue weighted by Gasteiger charge is -2.33. The molecular weight excluding hydrogens is 806 g/mol. The van der Waals surface area contributed by atoms with Crippen molar-refractivity contribution in [1.82, 2.24) is 25.8 Å². The van der Waals surface area contributed by atoms with Gasteiger partial charge in [-0.3, -0.25) is 24.0 Å². The van der Waals surface area contributed by atoms with Crippen LogP contribution in [0.25, 0.3) is 0 Å². The van der Waals surface area contributed by atoms with Gasteiger partial charge in [0.05, 0.1) is 19.2 Å². The van der Waals surface area contributed by atoms with Crippen molar-refractivity contribution in [2.75, 3.05) is 19.7 Å². The average Bonchev–Trinajstić information content (AvgIpc) is 3.52. The summed E-state index contributed by atoms with van der Waals surface area (Å²) in [6.45, 7) is 4.48. The Kier molecular flexibility index (Phi) is 16.6. The second-order valence-electron chi connectivity index (χ2n) is 14.5. The maximum Gasteiger partial charge on any atom is 0.407 e. The standard InChI is InChI=1S/C40H50BrN5O11/c1-4-12-29(33(48)36(50)42-20-31(47)57-34(38(52)53)27-16-9-6-10-17-27)43-35(49)30-22-45(21-25-13-11-18-28(41)19-25)40(55)46(30)37(51)32(26-14-7-5-8-15-26)44-39(54)56-23-24(2)3/h6,9-11,13,16-19,24,26,29-30,32,34H,4-5,7-8,12,14-15,20-23H2,1-3H3,(H,42,50)(H,43,49)(H,44,54)(H,52,53)/t29?,30?,32?,34-/m0/s1. The molecule has 1 aliphatic carbocycles. The first-order valence-corrected chi connectivity index (χ1v) is 19.9. The number of nitrogens with one attached hydrogen (secondary N) is 3. The van der Waals surface area contributed by atoms with Crippen molar-refractivity contribution in [2.24, 2.45) is 11.8 Å². The Hall–Kier alpha value is -5.32. The highest BCUT2D eigenvalue weighted by molar-refractivity contribution is 9.10. The van der Waals surface area contributed by atoms with E-state index in [0.29, 0.717) is 24.8 Å². The van der Waals surface area contributed by atoms with Crippen molar-refractivity contribution in [3.8, 4) is 0 Å². The number of rotatable bonds is 18. The molecule has 1 aliphatic heterocycles. The van der Waals surface area contributed by atoms with E-state index >= 15 is 0 Å². The zero-order chi connectivity index (χ0) is 41.6. The summed E-state index contributed by atoms with van der Waals surface area (Å²) in [5.41, 5.74) is 0.893. The lowest BCUT2D eigenvalue weighted by Crippen LogP contribution is -2.59. The first-order chi connectivity index (χ1) is 27.2. The fourth-order valence-electron chi connectivity index (χ4n) is 6.78. The Bertz CT molecular complexity index is 1790. The number of ether oxygens (including phenoxy) is 2. The van der Waals surface area contributed by atoms with Gasteiger partial charge >= 0.3 is 24.1 Å². The molecule has 4 rings (SSSR count). The zero-order valence-corrected chi connectivity index (χ0v) is 33.8. The third kappa shape index (κ3) is 12.6. The Balaban J connectivity index is 1.54. The predicted octanol–water partition coefficient (Wildman–Crippen LogP) is 4.25. The van der Waals surface area contributed by atoms with Gasteiger partial charge in [0, 0.05) is 16.6 Å². The number of nitrogens with zero attached hydrogens (tertiary/aromatic N) is 2. The Morgan fingerprint density at radius 2 is 1.65 bits per heavy atom. The maximum absolute atomic E-state index is 14.5. The minimum absolute atomic E-state index is 0.0121. The number of urea groups is 1. The van der Waals surface area contributed by atoms with Crippen molar-refractivity contribution in [1.29, 1.82) is 0 Å². The number of carbonyl (C=O) groups is 8. The number of alkyl carbamates (subject to hydrolysis) is 1. The van der Waals surface area contributed by atoms with Crippen LogP contribution in [0.5, 0.6) is 0 Å². The van der Waals surface area contributed by atoms with Gasteiger partial charge in [0.25, 0.3) is 11.8 Å². The zero-order valence-electron chi connectivity index (χ0n) is 32.2. The summed E-state index contributed by atoms with van der Waals surface area (Å²) in [6, 6.07) is 10.0. The molecule has 6 amide bonds. The number of aliphatic carboxylic acids is 1. The highest BCUT2D eigenvalue weighted by Crippen LogP contribution is 2.30. The van der Waals surface area contributed by atoms with E-state index in [9.17, 15) is 43.5 Å². The molecule has 0 bridgehead atoms. The molecule has 2 aromatic carbocycles. The van der Waals surface area contributed by atoms with E-state index in [4.69, 9.17) is 9.47 Å². The molecule has 16 nitrogen and oxygen atoms in total. The van der Waals surface area contributed by atoms with Crippen molar-refractivity contribution >= 4 is 63.5 Å². The summed E-state index contributed by atoms with van der Waals surface area (Å²) >= 11 is 3.42. The first-order valence-electron chi connectivity index (χ1n) is 19.1. The molecule has 0 radical (unpaired) electrons. The van der Waals surface area contributed by atoms with Gasteiger partial charge < -0.3 is 35.4 Å². The number of amides is 6. The Labute approximate surface area is 339 Å². The van der Waals surface area contributed by atoms with Crippen LogP contribution in [-0.4, -0.2) is 100 Å². The van der Waals surface area contributed by atoms with Crippen LogP contribution in [0.4, 0.5) is 9.59 Å². The van der Waals surface area contributed by atoms with Crippen LogP contribution in [0.2, 0.25) is 0 Å². The molecule has 308 valence electrons. The minimum Gasteiger partial charge on any atom is -0.478 e. The number of esters is 1. The summed E-state index contributed by atoms with van der Waals surface area (Å²) in [7, 11) is 0. The number of hydrogen-bond acceptors (Lipinski definition) is 10. The number of carboxylic acid groups (broad SMARTS) is 1. The van der Waals surface area contributed by atoms with Gasteiger partial charge in [-0.1, -0.05) is 105 Å². The number of ketones is 1. The van der Waals surface area contributed by atoms with Crippen molar-refractivity contribution in [2.45, 2.75) is 96.5 Å². The van der Waals surface area contributed by atoms with Gasteiger partial charge in [-0.2, -0.15) is 0 Å². The van der Waals surface area contributed by atoms with Gasteiger partial charge in [0.2, 0.25) is 17.8 Å². The number of imide groups is 1. The van der Waals surface area contributed by atoms with Gasteiger partial charge in [-0.15, -0.1) is 0 Å². The lowest BCUT2D eigenvalue weighted by atomic mass is 9.83. The van der Waals surface area contributed by atoms with Crippen molar-refractivity contribution in [3.63, 3.8) is 0 Å². The normalized spacial score (nSPS) is 17.3. The largest absolute Gasteiger partial charge is 0.478 e.